The third-order valence-corrected chi connectivity index (χ3v) is 5.69. The average Bonchev–Trinajstić information content (AvgIpc) is 3.27. The fraction of sp³-hybridized carbons (Fsp3) is 0.294. The number of urea groups is 1. The summed E-state index contributed by atoms with van der Waals surface area (Å²) in [6.45, 7) is 0.428. The minimum absolute atomic E-state index is 0.0175. The third-order valence-electron chi connectivity index (χ3n) is 4.14. The third kappa shape index (κ3) is 4.92. The molecule has 0 saturated carbocycles. The lowest BCUT2D eigenvalue weighted by Crippen LogP contribution is -2.41. The first kappa shape index (κ1) is 20.4. The molecule has 1 aliphatic rings. The molecule has 0 bridgehead atoms. The molecule has 3 rings (SSSR count). The Bertz CT molecular complexity index is 920. The van der Waals surface area contributed by atoms with E-state index in [1.807, 2.05) is 0 Å². The van der Waals surface area contributed by atoms with Crippen LogP contribution in [0.1, 0.15) is 18.5 Å². The van der Waals surface area contributed by atoms with Crippen molar-refractivity contribution in [3.05, 3.63) is 39.3 Å². The Kier molecular flexibility index (Phi) is 6.38. The maximum absolute atomic E-state index is 12.4. The number of hydrogen-bond donors (Lipinski definition) is 3. The molecule has 1 unspecified atom stereocenters. The van der Waals surface area contributed by atoms with Gasteiger partial charge in [0, 0.05) is 17.6 Å². The van der Waals surface area contributed by atoms with E-state index < -0.39 is 18.0 Å². The molecule has 0 radical (unpaired) electrons. The average molecular weight is 443 g/mol. The number of carbonyl (C=O) groups is 3. The van der Waals surface area contributed by atoms with Gasteiger partial charge < -0.3 is 15.3 Å². The number of carboxylic acid groups (broad SMARTS) is 1. The molecule has 1 aliphatic heterocycles. The molecule has 28 heavy (non-hydrogen) atoms. The summed E-state index contributed by atoms with van der Waals surface area (Å²) in [5.41, 5.74) is 0.934. The quantitative estimate of drug-likeness (QED) is 0.653. The minimum atomic E-state index is -0.995. The fourth-order valence-corrected chi connectivity index (χ4v) is 3.86. The van der Waals surface area contributed by atoms with E-state index in [4.69, 9.17) is 23.2 Å². The zero-order chi connectivity index (χ0) is 20.3. The maximum Gasteiger partial charge on any atom is 0.326 e. The molecule has 3 amide bonds. The van der Waals surface area contributed by atoms with Gasteiger partial charge in [0.05, 0.1) is 22.2 Å². The molecule has 0 aliphatic carbocycles. The van der Waals surface area contributed by atoms with E-state index in [2.05, 4.69) is 15.6 Å². The lowest BCUT2D eigenvalue weighted by Gasteiger charge is -2.20. The highest BCUT2D eigenvalue weighted by Gasteiger charge is 2.33. The normalized spacial score (nSPS) is 16.1. The van der Waals surface area contributed by atoms with Crippen LogP contribution in [0.5, 0.6) is 0 Å². The van der Waals surface area contributed by atoms with Crippen molar-refractivity contribution in [3.63, 3.8) is 0 Å². The predicted molar refractivity (Wildman–Crippen MR) is 107 cm³/mol. The summed E-state index contributed by atoms with van der Waals surface area (Å²) in [6, 6.07) is 3.39. The number of amides is 3. The van der Waals surface area contributed by atoms with Crippen LogP contribution in [0.2, 0.25) is 10.0 Å². The maximum atomic E-state index is 12.4. The van der Waals surface area contributed by atoms with Crippen molar-refractivity contribution in [2.75, 3.05) is 17.2 Å². The van der Waals surface area contributed by atoms with E-state index in [-0.39, 0.29) is 12.3 Å². The van der Waals surface area contributed by atoms with Crippen LogP contribution in [0.15, 0.2) is 23.6 Å². The Balaban J connectivity index is 1.56. The second kappa shape index (κ2) is 8.76. The Morgan fingerprint density at radius 1 is 1.25 bits per heavy atom. The number of benzene rings is 1. The number of anilines is 2. The Hall–Kier alpha value is -2.36. The zero-order valence-electron chi connectivity index (χ0n) is 14.4. The number of hydrogen-bond acceptors (Lipinski definition) is 5. The van der Waals surface area contributed by atoms with Gasteiger partial charge >= 0.3 is 12.0 Å². The van der Waals surface area contributed by atoms with Gasteiger partial charge in [-0.3, -0.25) is 10.1 Å². The highest BCUT2D eigenvalue weighted by atomic mass is 35.5. The number of likely N-dealkylation sites (tertiary alicyclic amines) is 1. The molecule has 0 spiro atoms. The molecule has 8 nitrogen and oxygen atoms in total. The van der Waals surface area contributed by atoms with Gasteiger partial charge in [-0.2, -0.15) is 0 Å². The van der Waals surface area contributed by atoms with Crippen LogP contribution >= 0.6 is 34.5 Å². The number of aliphatic carboxylic acids is 1. The van der Waals surface area contributed by atoms with Crippen LogP contribution in [-0.4, -0.2) is 45.5 Å². The van der Waals surface area contributed by atoms with Crippen LogP contribution in [0.25, 0.3) is 0 Å². The van der Waals surface area contributed by atoms with Gasteiger partial charge in [-0.1, -0.05) is 23.2 Å². The molecule has 148 valence electrons. The van der Waals surface area contributed by atoms with Gasteiger partial charge in [-0.15, -0.1) is 11.3 Å². The van der Waals surface area contributed by atoms with Crippen molar-refractivity contribution in [1.82, 2.24) is 9.88 Å². The smallest absolute Gasteiger partial charge is 0.326 e. The zero-order valence-corrected chi connectivity index (χ0v) is 16.8. The summed E-state index contributed by atoms with van der Waals surface area (Å²) >= 11 is 12.9. The molecule has 11 heteroatoms. The number of rotatable bonds is 5. The van der Waals surface area contributed by atoms with E-state index in [1.165, 1.54) is 22.3 Å². The largest absolute Gasteiger partial charge is 0.480 e. The molecule has 1 atom stereocenters. The summed E-state index contributed by atoms with van der Waals surface area (Å²) in [5, 5.41) is 17.0. The van der Waals surface area contributed by atoms with E-state index in [9.17, 15) is 19.5 Å². The lowest BCUT2D eigenvalue weighted by molar-refractivity contribution is -0.148. The molecule has 2 heterocycles. The van der Waals surface area contributed by atoms with Gasteiger partial charge in [0.25, 0.3) is 0 Å². The number of halogens is 2. The number of aromatic nitrogens is 1. The first-order valence-corrected chi connectivity index (χ1v) is 9.97. The molecule has 1 fully saturated rings. The second-order valence-corrected chi connectivity index (χ2v) is 7.78. The first-order valence-electron chi connectivity index (χ1n) is 8.33. The number of carboxylic acids is 1. The number of nitrogens with one attached hydrogen (secondary N) is 2. The first-order chi connectivity index (χ1) is 13.3. The lowest BCUT2D eigenvalue weighted by atomic mass is 10.2. The van der Waals surface area contributed by atoms with Crippen molar-refractivity contribution in [3.8, 4) is 0 Å². The van der Waals surface area contributed by atoms with Crippen LogP contribution in [-0.2, 0) is 16.0 Å². The van der Waals surface area contributed by atoms with Crippen LogP contribution in [0.3, 0.4) is 0 Å². The van der Waals surface area contributed by atoms with E-state index in [1.54, 1.807) is 17.5 Å². The van der Waals surface area contributed by atoms with E-state index >= 15 is 0 Å². The summed E-state index contributed by atoms with van der Waals surface area (Å²) in [5.74, 6) is -1.28. The fourth-order valence-electron chi connectivity index (χ4n) is 2.86. The van der Waals surface area contributed by atoms with Crippen molar-refractivity contribution < 1.29 is 19.5 Å². The highest BCUT2D eigenvalue weighted by molar-refractivity contribution is 7.14. The predicted octanol–water partition coefficient (Wildman–Crippen LogP) is 3.71. The molecule has 3 N–H and O–H groups in total. The van der Waals surface area contributed by atoms with Crippen molar-refractivity contribution in [1.29, 1.82) is 0 Å². The molecular weight excluding hydrogens is 427 g/mol. The molecular formula is C17H16Cl2N4O4S. The Morgan fingerprint density at radius 2 is 2.04 bits per heavy atom. The van der Waals surface area contributed by atoms with Crippen molar-refractivity contribution in [2.45, 2.75) is 25.3 Å². The van der Waals surface area contributed by atoms with E-state index in [0.29, 0.717) is 45.9 Å². The van der Waals surface area contributed by atoms with Gasteiger partial charge in [0.1, 0.15) is 6.04 Å². The summed E-state index contributed by atoms with van der Waals surface area (Å²) in [6.07, 6.45) is 1.11. The van der Waals surface area contributed by atoms with Crippen molar-refractivity contribution >= 4 is 63.3 Å². The van der Waals surface area contributed by atoms with Gasteiger partial charge in [-0.25, -0.2) is 14.6 Å². The standard InChI is InChI=1S/C17H16Cl2N4O4S/c18-11-4-3-9(6-12(11)19)20-16(27)22-17-21-10(8-28-17)7-14(24)23-5-1-2-13(23)15(25)26/h3-4,6,8,13H,1-2,5,7H2,(H,25,26)(H2,20,21,22,27). The van der Waals surface area contributed by atoms with Crippen LogP contribution in [0, 0.1) is 0 Å². The SMILES string of the molecule is O=C(Nc1ccc(Cl)c(Cl)c1)Nc1nc(CC(=O)N2CCCC2C(=O)O)cs1. The second-order valence-electron chi connectivity index (χ2n) is 6.11. The number of nitrogens with zero attached hydrogens (tertiary/aromatic N) is 2. The Labute approximate surface area is 174 Å². The minimum Gasteiger partial charge on any atom is -0.480 e. The molecule has 1 aromatic heterocycles. The summed E-state index contributed by atoms with van der Waals surface area (Å²) < 4.78 is 0. The van der Waals surface area contributed by atoms with Crippen molar-refractivity contribution in [2.24, 2.45) is 0 Å². The van der Waals surface area contributed by atoms with E-state index in [0.717, 1.165) is 0 Å². The number of carbonyl (C=O) groups excluding carboxylic acids is 2. The number of thiazole rings is 1. The molecule has 2 aromatic rings. The van der Waals surface area contributed by atoms with Crippen LogP contribution in [0.4, 0.5) is 15.6 Å². The van der Waals surface area contributed by atoms with Crippen LogP contribution < -0.4 is 10.6 Å². The van der Waals surface area contributed by atoms with Gasteiger partial charge in [0.2, 0.25) is 5.91 Å². The summed E-state index contributed by atoms with van der Waals surface area (Å²) in [4.78, 5) is 41.2. The Morgan fingerprint density at radius 3 is 2.75 bits per heavy atom. The molecule has 1 aromatic carbocycles. The monoisotopic (exact) mass is 442 g/mol. The van der Waals surface area contributed by atoms with Gasteiger partial charge in [-0.05, 0) is 31.0 Å². The molecule has 1 saturated heterocycles. The topological polar surface area (TPSA) is 112 Å². The highest BCUT2D eigenvalue weighted by Crippen LogP contribution is 2.25. The summed E-state index contributed by atoms with van der Waals surface area (Å²) in [7, 11) is 0. The van der Waals surface area contributed by atoms with Gasteiger partial charge in [0.15, 0.2) is 5.13 Å².